The lowest BCUT2D eigenvalue weighted by Gasteiger charge is -2.34. The van der Waals surface area contributed by atoms with Gasteiger partial charge in [0, 0.05) is 23.1 Å². The van der Waals surface area contributed by atoms with E-state index in [0.717, 1.165) is 4.47 Å². The standard InChI is InChI=1S/C10H10BrF2N.C2HF3O2/c11-9-3-1-7(2-4-9)10(12,13)8-5-14-6-8;3-2(4,5)1(6)7/h1-4,8,14H,5-6H2;(H,6,7). The Morgan fingerprint density at radius 3 is 1.86 bits per heavy atom. The van der Waals surface area contributed by atoms with Crippen LogP contribution in [-0.2, 0) is 10.7 Å². The number of nitrogens with one attached hydrogen (secondary N) is 1. The van der Waals surface area contributed by atoms with Gasteiger partial charge >= 0.3 is 12.1 Å². The molecule has 21 heavy (non-hydrogen) atoms. The van der Waals surface area contributed by atoms with Crippen LogP contribution in [0.2, 0.25) is 0 Å². The molecule has 0 amide bonds. The summed E-state index contributed by atoms with van der Waals surface area (Å²) in [5.74, 6) is -6.01. The average Bonchev–Trinajstić information content (AvgIpc) is 2.25. The first-order valence-electron chi connectivity index (χ1n) is 5.70. The van der Waals surface area contributed by atoms with Crippen molar-refractivity contribution >= 4 is 21.9 Å². The highest BCUT2D eigenvalue weighted by molar-refractivity contribution is 9.10. The molecule has 0 bridgehead atoms. The second-order valence-electron chi connectivity index (χ2n) is 4.29. The quantitative estimate of drug-likeness (QED) is 0.779. The van der Waals surface area contributed by atoms with Crippen molar-refractivity contribution in [2.75, 3.05) is 13.1 Å². The molecule has 1 heterocycles. The summed E-state index contributed by atoms with van der Waals surface area (Å²) in [6.07, 6.45) is -5.08. The zero-order valence-corrected chi connectivity index (χ0v) is 12.0. The van der Waals surface area contributed by atoms with Crippen molar-refractivity contribution in [1.82, 2.24) is 5.32 Å². The van der Waals surface area contributed by atoms with Crippen LogP contribution in [-0.4, -0.2) is 30.3 Å². The summed E-state index contributed by atoms with van der Waals surface area (Å²) >= 11 is 3.22. The molecular weight excluding hydrogens is 365 g/mol. The lowest BCUT2D eigenvalue weighted by Crippen LogP contribution is -2.50. The molecule has 0 saturated carbocycles. The average molecular weight is 376 g/mol. The smallest absolute Gasteiger partial charge is 0.475 e. The molecule has 0 atom stereocenters. The van der Waals surface area contributed by atoms with E-state index in [1.165, 1.54) is 12.1 Å². The largest absolute Gasteiger partial charge is 0.490 e. The number of hydrogen-bond acceptors (Lipinski definition) is 2. The molecule has 2 rings (SSSR count). The van der Waals surface area contributed by atoms with Crippen LogP contribution in [0.15, 0.2) is 28.7 Å². The molecule has 3 nitrogen and oxygen atoms in total. The van der Waals surface area contributed by atoms with Gasteiger partial charge in [0.2, 0.25) is 0 Å². The van der Waals surface area contributed by atoms with Gasteiger partial charge in [-0.25, -0.2) is 13.6 Å². The molecule has 1 aliphatic rings. The lowest BCUT2D eigenvalue weighted by molar-refractivity contribution is -0.192. The second-order valence-corrected chi connectivity index (χ2v) is 5.20. The molecule has 0 radical (unpaired) electrons. The van der Waals surface area contributed by atoms with Crippen molar-refractivity contribution in [3.8, 4) is 0 Å². The van der Waals surface area contributed by atoms with Crippen LogP contribution in [0.1, 0.15) is 5.56 Å². The first-order chi connectivity index (χ1) is 9.55. The normalized spacial score (nSPS) is 15.7. The zero-order chi connectivity index (χ0) is 16.3. The van der Waals surface area contributed by atoms with Crippen molar-refractivity contribution in [3.05, 3.63) is 34.3 Å². The van der Waals surface area contributed by atoms with Crippen molar-refractivity contribution in [2.24, 2.45) is 5.92 Å². The summed E-state index contributed by atoms with van der Waals surface area (Å²) in [6.45, 7) is 0.812. The van der Waals surface area contributed by atoms with Gasteiger partial charge < -0.3 is 10.4 Å². The SMILES string of the molecule is FC(F)(c1ccc(Br)cc1)C1CNC1.O=C(O)C(F)(F)F. The van der Waals surface area contributed by atoms with Crippen molar-refractivity contribution in [2.45, 2.75) is 12.1 Å². The van der Waals surface area contributed by atoms with Crippen LogP contribution in [0.25, 0.3) is 0 Å². The number of halogens is 6. The van der Waals surface area contributed by atoms with E-state index in [9.17, 15) is 22.0 Å². The summed E-state index contributed by atoms with van der Waals surface area (Å²) in [6, 6.07) is 6.25. The molecule has 1 aromatic carbocycles. The molecule has 1 aliphatic heterocycles. The van der Waals surface area contributed by atoms with Crippen LogP contribution in [0.4, 0.5) is 22.0 Å². The van der Waals surface area contributed by atoms with Gasteiger partial charge in [0.25, 0.3) is 5.92 Å². The predicted octanol–water partition coefficient (Wildman–Crippen LogP) is 3.39. The maximum absolute atomic E-state index is 13.7. The molecule has 0 aromatic heterocycles. The molecule has 0 spiro atoms. The number of benzene rings is 1. The Labute approximate surface area is 125 Å². The molecule has 118 valence electrons. The molecule has 2 N–H and O–H groups in total. The molecular formula is C12H11BrF5NO2. The fourth-order valence-corrected chi connectivity index (χ4v) is 1.72. The summed E-state index contributed by atoms with van der Waals surface area (Å²) in [4.78, 5) is 8.90. The van der Waals surface area contributed by atoms with Gasteiger partial charge in [-0.05, 0) is 12.1 Å². The van der Waals surface area contributed by atoms with Gasteiger partial charge in [-0.2, -0.15) is 13.2 Å². The monoisotopic (exact) mass is 375 g/mol. The lowest BCUT2D eigenvalue weighted by atomic mass is 9.90. The van der Waals surface area contributed by atoms with Crippen molar-refractivity contribution in [3.63, 3.8) is 0 Å². The van der Waals surface area contributed by atoms with Crippen molar-refractivity contribution in [1.29, 1.82) is 0 Å². The van der Waals surface area contributed by atoms with Crippen molar-refractivity contribution < 1.29 is 31.9 Å². The predicted molar refractivity (Wildman–Crippen MR) is 68.1 cm³/mol. The third-order valence-corrected chi connectivity index (χ3v) is 3.29. The molecule has 1 saturated heterocycles. The first-order valence-corrected chi connectivity index (χ1v) is 6.49. The van der Waals surface area contributed by atoms with E-state index >= 15 is 0 Å². The van der Waals surface area contributed by atoms with E-state index < -0.39 is 24.0 Å². The van der Waals surface area contributed by atoms with Crippen LogP contribution >= 0.6 is 15.9 Å². The Hall–Kier alpha value is -1.22. The van der Waals surface area contributed by atoms with Gasteiger partial charge in [-0.1, -0.05) is 28.1 Å². The van der Waals surface area contributed by atoms with Gasteiger partial charge in [0.1, 0.15) is 0 Å². The second kappa shape index (κ2) is 6.69. The minimum atomic E-state index is -5.08. The Bertz CT molecular complexity index is 485. The molecule has 1 fully saturated rings. The summed E-state index contributed by atoms with van der Waals surface area (Å²) in [5, 5.41) is 9.98. The van der Waals surface area contributed by atoms with E-state index in [2.05, 4.69) is 21.2 Å². The molecule has 0 unspecified atom stereocenters. The number of carboxylic acid groups (broad SMARTS) is 1. The van der Waals surface area contributed by atoms with E-state index in [0.29, 0.717) is 13.1 Å². The Balaban J connectivity index is 0.000000270. The topological polar surface area (TPSA) is 49.3 Å². The molecule has 0 aliphatic carbocycles. The Morgan fingerprint density at radius 1 is 1.14 bits per heavy atom. The van der Waals surface area contributed by atoms with Crippen LogP contribution in [0.3, 0.4) is 0 Å². The summed E-state index contributed by atoms with van der Waals surface area (Å²) in [7, 11) is 0. The van der Waals surface area contributed by atoms with E-state index in [1.807, 2.05) is 0 Å². The Morgan fingerprint density at radius 2 is 1.57 bits per heavy atom. The number of carboxylic acids is 1. The van der Waals surface area contributed by atoms with Crippen LogP contribution < -0.4 is 5.32 Å². The maximum Gasteiger partial charge on any atom is 0.490 e. The molecule has 9 heteroatoms. The van der Waals surface area contributed by atoms with E-state index in [-0.39, 0.29) is 5.56 Å². The number of rotatable bonds is 2. The highest BCUT2D eigenvalue weighted by Crippen LogP contribution is 2.38. The number of alkyl halides is 5. The zero-order valence-electron chi connectivity index (χ0n) is 10.4. The van der Waals surface area contributed by atoms with Gasteiger partial charge in [0.05, 0.1) is 5.92 Å². The third kappa shape index (κ3) is 4.92. The van der Waals surface area contributed by atoms with E-state index in [4.69, 9.17) is 9.90 Å². The van der Waals surface area contributed by atoms with Gasteiger partial charge in [0.15, 0.2) is 0 Å². The Kier molecular flexibility index (Phi) is 5.68. The van der Waals surface area contributed by atoms with Gasteiger partial charge in [-0.3, -0.25) is 0 Å². The minimum absolute atomic E-state index is 0.104. The highest BCUT2D eigenvalue weighted by Gasteiger charge is 2.44. The maximum atomic E-state index is 13.7. The molecule has 1 aromatic rings. The number of hydrogen-bond donors (Lipinski definition) is 2. The summed E-state index contributed by atoms with van der Waals surface area (Å²) in [5.41, 5.74) is 0.104. The number of carbonyl (C=O) groups is 1. The summed E-state index contributed by atoms with van der Waals surface area (Å²) < 4.78 is 59.9. The fraction of sp³-hybridized carbons (Fsp3) is 0.417. The minimum Gasteiger partial charge on any atom is -0.475 e. The fourth-order valence-electron chi connectivity index (χ4n) is 1.45. The number of aliphatic carboxylic acids is 1. The first kappa shape index (κ1) is 17.8. The van der Waals surface area contributed by atoms with E-state index in [1.54, 1.807) is 12.1 Å². The van der Waals surface area contributed by atoms with Gasteiger partial charge in [-0.15, -0.1) is 0 Å². The van der Waals surface area contributed by atoms with Crippen LogP contribution in [0, 0.1) is 5.92 Å². The highest BCUT2D eigenvalue weighted by atomic mass is 79.9. The third-order valence-electron chi connectivity index (χ3n) is 2.77. The van der Waals surface area contributed by atoms with Crippen LogP contribution in [0.5, 0.6) is 0 Å².